The summed E-state index contributed by atoms with van der Waals surface area (Å²) in [5.74, 6) is 1.73. The first kappa shape index (κ1) is 21.3. The van der Waals surface area contributed by atoms with Gasteiger partial charge in [0.05, 0.1) is 25.0 Å². The Bertz CT molecular complexity index is 777. The maximum atomic E-state index is 11.5. The van der Waals surface area contributed by atoms with Gasteiger partial charge in [-0.2, -0.15) is 5.10 Å². The van der Waals surface area contributed by atoms with Crippen molar-refractivity contribution in [2.24, 2.45) is 5.92 Å². The highest BCUT2D eigenvalue weighted by Gasteiger charge is 2.29. The SMILES string of the molecule is CCCn1nccc1C1CCCCC1COc1cnc(OCCOC)cc1C=O. The van der Waals surface area contributed by atoms with Crippen LogP contribution in [0.5, 0.6) is 11.6 Å². The van der Waals surface area contributed by atoms with E-state index in [2.05, 4.69) is 27.8 Å². The summed E-state index contributed by atoms with van der Waals surface area (Å²) in [6.45, 7) is 4.53. The molecule has 2 heterocycles. The lowest BCUT2D eigenvalue weighted by molar-refractivity contribution is 0.111. The van der Waals surface area contributed by atoms with E-state index in [1.807, 2.05) is 6.20 Å². The van der Waals surface area contributed by atoms with Gasteiger partial charge in [0.25, 0.3) is 0 Å². The Morgan fingerprint density at radius 3 is 2.90 bits per heavy atom. The average molecular weight is 402 g/mol. The summed E-state index contributed by atoms with van der Waals surface area (Å²) >= 11 is 0. The molecule has 0 bridgehead atoms. The molecule has 1 fully saturated rings. The van der Waals surface area contributed by atoms with E-state index in [1.54, 1.807) is 19.4 Å². The molecule has 0 aromatic carbocycles. The number of hydrogen-bond acceptors (Lipinski definition) is 6. The molecule has 7 heteroatoms. The quantitative estimate of drug-likeness (QED) is 0.420. The Labute approximate surface area is 172 Å². The maximum Gasteiger partial charge on any atom is 0.214 e. The Balaban J connectivity index is 1.67. The minimum atomic E-state index is 0.386. The molecule has 158 valence electrons. The number of nitrogens with zero attached hydrogens (tertiary/aromatic N) is 3. The average Bonchev–Trinajstić information content (AvgIpc) is 3.21. The molecule has 29 heavy (non-hydrogen) atoms. The molecule has 0 radical (unpaired) electrons. The van der Waals surface area contributed by atoms with E-state index in [9.17, 15) is 4.79 Å². The predicted molar refractivity (Wildman–Crippen MR) is 110 cm³/mol. The van der Waals surface area contributed by atoms with Crippen LogP contribution in [0.1, 0.15) is 61.0 Å². The van der Waals surface area contributed by atoms with Gasteiger partial charge in [-0.05, 0) is 25.3 Å². The Hall–Kier alpha value is -2.41. The zero-order chi connectivity index (χ0) is 20.5. The van der Waals surface area contributed by atoms with Crippen LogP contribution >= 0.6 is 0 Å². The number of carbonyl (C=O) groups is 1. The van der Waals surface area contributed by atoms with Crippen molar-refractivity contribution in [3.05, 3.63) is 35.8 Å². The maximum absolute atomic E-state index is 11.5. The van der Waals surface area contributed by atoms with Crippen molar-refractivity contribution in [2.75, 3.05) is 26.9 Å². The molecule has 3 rings (SSSR count). The van der Waals surface area contributed by atoms with E-state index in [0.717, 1.165) is 32.1 Å². The van der Waals surface area contributed by atoms with Crippen LogP contribution in [-0.4, -0.2) is 48.0 Å². The minimum Gasteiger partial charge on any atom is -0.491 e. The summed E-state index contributed by atoms with van der Waals surface area (Å²) in [5, 5.41) is 4.50. The number of aromatic nitrogens is 3. The molecule has 2 aromatic rings. The van der Waals surface area contributed by atoms with Crippen molar-refractivity contribution in [2.45, 2.75) is 51.5 Å². The molecule has 0 spiro atoms. The fourth-order valence-electron chi connectivity index (χ4n) is 4.01. The molecule has 0 amide bonds. The van der Waals surface area contributed by atoms with Gasteiger partial charge in [-0.25, -0.2) is 4.98 Å². The number of ether oxygens (including phenoxy) is 3. The zero-order valence-electron chi connectivity index (χ0n) is 17.4. The number of pyridine rings is 1. The number of rotatable bonds is 11. The van der Waals surface area contributed by atoms with Gasteiger partial charge in [0.1, 0.15) is 12.4 Å². The molecule has 7 nitrogen and oxygen atoms in total. The number of aryl methyl sites for hydroxylation is 1. The lowest BCUT2D eigenvalue weighted by Crippen LogP contribution is -2.26. The van der Waals surface area contributed by atoms with Crippen LogP contribution in [0.3, 0.4) is 0 Å². The molecular formula is C22H31N3O4. The van der Waals surface area contributed by atoms with Crippen LogP contribution in [-0.2, 0) is 11.3 Å². The van der Waals surface area contributed by atoms with Gasteiger partial charge in [0.15, 0.2) is 6.29 Å². The first-order chi connectivity index (χ1) is 14.3. The summed E-state index contributed by atoms with van der Waals surface area (Å²) in [6.07, 6.45) is 10.0. The molecule has 0 N–H and O–H groups in total. The second kappa shape index (κ2) is 11.0. The highest BCUT2D eigenvalue weighted by Crippen LogP contribution is 2.38. The smallest absolute Gasteiger partial charge is 0.214 e. The van der Waals surface area contributed by atoms with E-state index in [4.69, 9.17) is 14.2 Å². The monoisotopic (exact) mass is 401 g/mol. The van der Waals surface area contributed by atoms with E-state index >= 15 is 0 Å². The normalized spacial score (nSPS) is 19.1. The molecule has 1 aliphatic rings. The van der Waals surface area contributed by atoms with Crippen LogP contribution in [0.4, 0.5) is 0 Å². The molecule has 0 saturated heterocycles. The van der Waals surface area contributed by atoms with Gasteiger partial charge in [-0.15, -0.1) is 0 Å². The fourth-order valence-corrected chi connectivity index (χ4v) is 4.01. The van der Waals surface area contributed by atoms with Gasteiger partial charge >= 0.3 is 0 Å². The zero-order valence-corrected chi connectivity index (χ0v) is 17.4. The van der Waals surface area contributed by atoms with Crippen molar-refractivity contribution in [1.82, 2.24) is 14.8 Å². The highest BCUT2D eigenvalue weighted by atomic mass is 16.5. The lowest BCUT2D eigenvalue weighted by Gasteiger charge is -2.32. The molecule has 1 saturated carbocycles. The van der Waals surface area contributed by atoms with Crippen molar-refractivity contribution >= 4 is 6.29 Å². The number of aldehydes is 1. The van der Waals surface area contributed by atoms with Gasteiger partial charge in [0, 0.05) is 43.4 Å². The van der Waals surface area contributed by atoms with Gasteiger partial charge in [0.2, 0.25) is 5.88 Å². The first-order valence-electron chi connectivity index (χ1n) is 10.5. The van der Waals surface area contributed by atoms with E-state index in [1.165, 1.54) is 18.5 Å². The second-order valence-electron chi connectivity index (χ2n) is 7.46. The van der Waals surface area contributed by atoms with Crippen LogP contribution in [0, 0.1) is 5.92 Å². The molecule has 0 aliphatic heterocycles. The summed E-state index contributed by atoms with van der Waals surface area (Å²) in [5.41, 5.74) is 1.76. The van der Waals surface area contributed by atoms with Crippen molar-refractivity contribution in [3.8, 4) is 11.6 Å². The summed E-state index contributed by atoms with van der Waals surface area (Å²) in [6, 6.07) is 3.76. The van der Waals surface area contributed by atoms with Crippen molar-refractivity contribution < 1.29 is 19.0 Å². The Kier molecular flexibility index (Phi) is 8.04. The standard InChI is InChI=1S/C22H31N3O4/c1-3-10-25-20(8-9-24-25)19-7-5-4-6-17(19)16-29-21-14-23-22(13-18(21)15-26)28-12-11-27-2/h8-9,13-15,17,19H,3-7,10-12,16H2,1-2H3. The van der Waals surface area contributed by atoms with Crippen LogP contribution in [0.15, 0.2) is 24.5 Å². The number of hydrogen-bond donors (Lipinski definition) is 0. The van der Waals surface area contributed by atoms with Gasteiger partial charge in [-0.3, -0.25) is 9.48 Å². The van der Waals surface area contributed by atoms with Crippen LogP contribution < -0.4 is 9.47 Å². The predicted octanol–water partition coefficient (Wildman–Crippen LogP) is 3.88. The number of carbonyl (C=O) groups excluding carboxylic acids is 1. The van der Waals surface area contributed by atoms with E-state index in [-0.39, 0.29) is 0 Å². The van der Waals surface area contributed by atoms with Gasteiger partial charge < -0.3 is 14.2 Å². The van der Waals surface area contributed by atoms with Gasteiger partial charge in [-0.1, -0.05) is 19.8 Å². The lowest BCUT2D eigenvalue weighted by atomic mass is 9.78. The first-order valence-corrected chi connectivity index (χ1v) is 10.5. The fraction of sp³-hybridized carbons (Fsp3) is 0.591. The highest BCUT2D eigenvalue weighted by molar-refractivity contribution is 5.79. The number of methoxy groups -OCH3 is 1. The van der Waals surface area contributed by atoms with Crippen molar-refractivity contribution in [1.29, 1.82) is 0 Å². The summed E-state index contributed by atoms with van der Waals surface area (Å²) in [7, 11) is 1.61. The molecular weight excluding hydrogens is 370 g/mol. The van der Waals surface area contributed by atoms with E-state index < -0.39 is 0 Å². The van der Waals surface area contributed by atoms with Crippen LogP contribution in [0.2, 0.25) is 0 Å². The van der Waals surface area contributed by atoms with Crippen LogP contribution in [0.25, 0.3) is 0 Å². The second-order valence-corrected chi connectivity index (χ2v) is 7.46. The third kappa shape index (κ3) is 5.56. The third-order valence-corrected chi connectivity index (χ3v) is 5.46. The molecule has 2 aromatic heterocycles. The topological polar surface area (TPSA) is 75.5 Å². The summed E-state index contributed by atoms with van der Waals surface area (Å²) < 4.78 is 18.6. The van der Waals surface area contributed by atoms with Crippen molar-refractivity contribution in [3.63, 3.8) is 0 Å². The summed E-state index contributed by atoms with van der Waals surface area (Å²) in [4.78, 5) is 15.8. The molecule has 1 aliphatic carbocycles. The van der Waals surface area contributed by atoms with E-state index in [0.29, 0.717) is 48.8 Å². The largest absolute Gasteiger partial charge is 0.491 e. The Morgan fingerprint density at radius 2 is 2.10 bits per heavy atom. The molecule has 2 atom stereocenters. The molecule has 2 unspecified atom stereocenters. The minimum absolute atomic E-state index is 0.386. The Morgan fingerprint density at radius 1 is 1.24 bits per heavy atom. The third-order valence-electron chi connectivity index (χ3n) is 5.46.